The van der Waals surface area contributed by atoms with Crippen molar-refractivity contribution in [2.75, 3.05) is 11.0 Å². The van der Waals surface area contributed by atoms with Crippen LogP contribution in [0.5, 0.6) is 0 Å². The summed E-state index contributed by atoms with van der Waals surface area (Å²) in [5.41, 5.74) is 1.79. The van der Waals surface area contributed by atoms with Crippen LogP contribution in [0.4, 0.5) is 5.69 Å². The van der Waals surface area contributed by atoms with E-state index >= 15 is 0 Å². The Kier molecular flexibility index (Phi) is 5.41. The first-order valence-electron chi connectivity index (χ1n) is 7.90. The largest absolute Gasteiger partial charge is 0.480 e. The number of carboxylic acid groups (broad SMARTS) is 1. The van der Waals surface area contributed by atoms with Crippen LogP contribution in [-0.2, 0) is 21.4 Å². The Balaban J connectivity index is 2.25. The second kappa shape index (κ2) is 7.46. The van der Waals surface area contributed by atoms with E-state index in [0.29, 0.717) is 21.6 Å². The highest BCUT2D eigenvalue weighted by Crippen LogP contribution is 2.42. The number of carboxylic acids is 1. The zero-order valence-electron chi connectivity index (χ0n) is 14.6. The molecule has 9 heteroatoms. The third-order valence-electron chi connectivity index (χ3n) is 3.90. The van der Waals surface area contributed by atoms with E-state index in [-0.39, 0.29) is 6.54 Å². The normalized spacial score (nSPS) is 11.7. The maximum absolute atomic E-state index is 11.8. The molecule has 0 bridgehead atoms. The maximum atomic E-state index is 11.8. The minimum atomic E-state index is -3.50. The van der Waals surface area contributed by atoms with Crippen molar-refractivity contribution in [1.29, 1.82) is 0 Å². The molecular formula is C18H17ClN2O4S2. The average Bonchev–Trinajstić information content (AvgIpc) is 2.80. The molecule has 27 heavy (non-hydrogen) atoms. The third-order valence-corrected chi connectivity index (χ3v) is 5.92. The average molecular weight is 425 g/mol. The fraction of sp³-hybridized carbons (Fsp3) is 0.167. The van der Waals surface area contributed by atoms with Crippen LogP contribution in [0.3, 0.4) is 0 Å². The van der Waals surface area contributed by atoms with Crippen LogP contribution < -0.4 is 4.72 Å². The molecule has 0 saturated carbocycles. The lowest BCUT2D eigenvalue weighted by Gasteiger charge is -2.08. The van der Waals surface area contributed by atoms with E-state index in [1.807, 2.05) is 19.1 Å². The van der Waals surface area contributed by atoms with Gasteiger partial charge in [0.25, 0.3) is 0 Å². The van der Waals surface area contributed by atoms with Gasteiger partial charge in [-0.1, -0.05) is 35.5 Å². The van der Waals surface area contributed by atoms with E-state index in [1.165, 1.54) is 11.8 Å². The Morgan fingerprint density at radius 2 is 1.96 bits per heavy atom. The van der Waals surface area contributed by atoms with Crippen LogP contribution in [0, 0.1) is 6.92 Å². The Labute approximate surface area is 166 Å². The molecule has 0 aliphatic rings. The fourth-order valence-corrected chi connectivity index (χ4v) is 4.85. The first-order valence-corrected chi connectivity index (χ1v) is 11.0. The topological polar surface area (TPSA) is 88.4 Å². The second-order valence-electron chi connectivity index (χ2n) is 6.03. The van der Waals surface area contributed by atoms with Crippen LogP contribution >= 0.6 is 23.4 Å². The monoisotopic (exact) mass is 424 g/mol. The summed E-state index contributed by atoms with van der Waals surface area (Å²) in [6.07, 6.45) is 1.08. The lowest BCUT2D eigenvalue weighted by atomic mass is 10.2. The maximum Gasteiger partial charge on any atom is 0.323 e. The minimum absolute atomic E-state index is 0.221. The first-order chi connectivity index (χ1) is 12.7. The zero-order valence-corrected chi connectivity index (χ0v) is 17.0. The molecule has 2 aromatic carbocycles. The molecular weight excluding hydrogens is 408 g/mol. The lowest BCUT2D eigenvalue weighted by molar-refractivity contribution is -0.137. The van der Waals surface area contributed by atoms with Gasteiger partial charge in [0.05, 0.1) is 17.5 Å². The molecule has 0 unspecified atom stereocenters. The molecule has 3 rings (SSSR count). The molecule has 1 aromatic heterocycles. The summed E-state index contributed by atoms with van der Waals surface area (Å²) < 4.78 is 27.8. The number of hydrogen-bond donors (Lipinski definition) is 2. The van der Waals surface area contributed by atoms with Gasteiger partial charge in [-0.15, -0.1) is 0 Å². The van der Waals surface area contributed by atoms with E-state index in [2.05, 4.69) is 4.72 Å². The number of fused-ring (bicyclic) bond motifs is 1. The zero-order chi connectivity index (χ0) is 19.8. The van der Waals surface area contributed by atoms with Gasteiger partial charge in [0, 0.05) is 25.9 Å². The fourth-order valence-electron chi connectivity index (χ4n) is 2.88. The van der Waals surface area contributed by atoms with Gasteiger partial charge < -0.3 is 9.67 Å². The molecule has 3 aromatic rings. The first kappa shape index (κ1) is 19.6. The van der Waals surface area contributed by atoms with Gasteiger partial charge >= 0.3 is 5.97 Å². The van der Waals surface area contributed by atoms with Crippen molar-refractivity contribution in [2.24, 2.45) is 0 Å². The number of anilines is 1. The number of nitrogens with one attached hydrogen (secondary N) is 1. The van der Waals surface area contributed by atoms with E-state index in [0.717, 1.165) is 21.7 Å². The molecule has 0 aliphatic carbocycles. The van der Waals surface area contributed by atoms with Crippen molar-refractivity contribution in [2.45, 2.75) is 23.3 Å². The SMILES string of the molecule is Cc1c(Sc2cccc(Cl)c2)c2c(NS(C)(=O)=O)cccc2n1CC(=O)O. The van der Waals surface area contributed by atoms with Crippen LogP contribution in [-0.4, -0.2) is 30.3 Å². The Hall–Kier alpha value is -2.16. The standard InChI is InChI=1S/C18H17ClN2O4S2/c1-11-18(26-13-6-3-5-12(19)9-13)17-14(20-27(2,24)25)7-4-8-15(17)21(11)10-16(22)23/h3-9,20H,10H2,1-2H3,(H,22,23). The van der Waals surface area contributed by atoms with Crippen molar-refractivity contribution >= 4 is 55.9 Å². The molecule has 1 heterocycles. The van der Waals surface area contributed by atoms with Gasteiger partial charge in [0.1, 0.15) is 6.54 Å². The summed E-state index contributed by atoms with van der Waals surface area (Å²) in [6, 6.07) is 12.4. The van der Waals surface area contributed by atoms with Gasteiger partial charge in [-0.25, -0.2) is 8.42 Å². The number of aliphatic carboxylic acids is 1. The van der Waals surface area contributed by atoms with Crippen LogP contribution in [0.1, 0.15) is 5.69 Å². The van der Waals surface area contributed by atoms with Gasteiger partial charge in [-0.3, -0.25) is 9.52 Å². The van der Waals surface area contributed by atoms with Crippen molar-refractivity contribution < 1.29 is 18.3 Å². The Morgan fingerprint density at radius 3 is 2.59 bits per heavy atom. The molecule has 142 valence electrons. The van der Waals surface area contributed by atoms with E-state index < -0.39 is 16.0 Å². The third kappa shape index (κ3) is 4.40. The Morgan fingerprint density at radius 1 is 1.26 bits per heavy atom. The van der Waals surface area contributed by atoms with Gasteiger partial charge in [0.2, 0.25) is 10.0 Å². The highest BCUT2D eigenvalue weighted by molar-refractivity contribution is 7.99. The number of carbonyl (C=O) groups is 1. The van der Waals surface area contributed by atoms with Gasteiger partial charge in [-0.2, -0.15) is 0 Å². The van der Waals surface area contributed by atoms with Crippen molar-refractivity contribution in [3.63, 3.8) is 0 Å². The molecule has 0 spiro atoms. The van der Waals surface area contributed by atoms with Crippen LogP contribution in [0.2, 0.25) is 5.02 Å². The number of benzene rings is 2. The summed E-state index contributed by atoms with van der Waals surface area (Å²) >= 11 is 7.49. The van der Waals surface area contributed by atoms with Gasteiger partial charge in [-0.05, 0) is 37.3 Å². The summed E-state index contributed by atoms with van der Waals surface area (Å²) in [5.74, 6) is -0.976. The van der Waals surface area contributed by atoms with Gasteiger partial charge in [0.15, 0.2) is 0 Å². The summed E-state index contributed by atoms with van der Waals surface area (Å²) in [7, 11) is -3.50. The van der Waals surface area contributed by atoms with Crippen LogP contribution in [0.15, 0.2) is 52.3 Å². The molecule has 0 amide bonds. The van der Waals surface area contributed by atoms with E-state index in [4.69, 9.17) is 11.6 Å². The molecule has 0 aliphatic heterocycles. The van der Waals surface area contributed by atoms with Crippen molar-refractivity contribution in [3.8, 4) is 0 Å². The predicted molar refractivity (Wildman–Crippen MR) is 108 cm³/mol. The highest BCUT2D eigenvalue weighted by Gasteiger charge is 2.20. The summed E-state index contributed by atoms with van der Waals surface area (Å²) in [5, 5.41) is 10.5. The van der Waals surface area contributed by atoms with Crippen molar-refractivity contribution in [3.05, 3.63) is 53.2 Å². The molecule has 2 N–H and O–H groups in total. The summed E-state index contributed by atoms with van der Waals surface area (Å²) in [6.45, 7) is 1.60. The Bertz CT molecular complexity index is 1140. The number of aromatic nitrogens is 1. The van der Waals surface area contributed by atoms with E-state index in [9.17, 15) is 18.3 Å². The smallest absolute Gasteiger partial charge is 0.323 e. The highest BCUT2D eigenvalue weighted by atomic mass is 35.5. The second-order valence-corrected chi connectivity index (χ2v) is 9.30. The molecule has 0 atom stereocenters. The number of rotatable bonds is 6. The molecule has 0 fully saturated rings. The number of halogens is 1. The molecule has 0 radical (unpaired) electrons. The number of hydrogen-bond acceptors (Lipinski definition) is 4. The molecule has 0 saturated heterocycles. The van der Waals surface area contributed by atoms with E-state index in [1.54, 1.807) is 34.9 Å². The predicted octanol–water partition coefficient (Wildman–Crippen LogP) is 4.21. The van der Waals surface area contributed by atoms with Crippen LogP contribution in [0.25, 0.3) is 10.9 Å². The number of nitrogens with zero attached hydrogens (tertiary/aromatic N) is 1. The lowest BCUT2D eigenvalue weighted by Crippen LogP contribution is -2.10. The minimum Gasteiger partial charge on any atom is -0.480 e. The van der Waals surface area contributed by atoms with Crippen molar-refractivity contribution in [1.82, 2.24) is 4.57 Å². The number of sulfonamides is 1. The molecule has 6 nitrogen and oxygen atoms in total. The quantitative estimate of drug-likeness (QED) is 0.618. The summed E-state index contributed by atoms with van der Waals surface area (Å²) in [4.78, 5) is 13.0.